The zero-order chi connectivity index (χ0) is 12.0. The van der Waals surface area contributed by atoms with E-state index in [1.165, 1.54) is 6.08 Å². The van der Waals surface area contributed by atoms with E-state index in [1.54, 1.807) is 6.92 Å². The van der Waals surface area contributed by atoms with Gasteiger partial charge in [0.1, 0.15) is 0 Å². The Morgan fingerprint density at radius 1 is 1.06 bits per heavy atom. The Kier molecular flexibility index (Phi) is 2.37. The average molecular weight is 228 g/mol. The summed E-state index contributed by atoms with van der Waals surface area (Å²) in [4.78, 5) is 0. The maximum Gasteiger partial charge on any atom is 0.198 e. The molecule has 0 aliphatic heterocycles. The number of hydrogen-bond donors (Lipinski definition) is 0. The van der Waals surface area contributed by atoms with Crippen LogP contribution >= 0.6 is 0 Å². The van der Waals surface area contributed by atoms with Crippen LogP contribution < -0.4 is 0 Å². The van der Waals surface area contributed by atoms with Crippen molar-refractivity contribution in [3.8, 4) is 0 Å². The van der Waals surface area contributed by atoms with Gasteiger partial charge in [-0.1, -0.05) is 12.2 Å². The molecule has 1 aromatic rings. The number of halogens is 4. The van der Waals surface area contributed by atoms with Gasteiger partial charge >= 0.3 is 0 Å². The third-order valence-electron chi connectivity index (χ3n) is 2.64. The Morgan fingerprint density at radius 3 is 2.19 bits per heavy atom. The molecule has 0 amide bonds. The van der Waals surface area contributed by atoms with Crippen LogP contribution in [-0.4, -0.2) is 0 Å². The Labute approximate surface area is 89.9 Å². The summed E-state index contributed by atoms with van der Waals surface area (Å²) >= 11 is 0. The van der Waals surface area contributed by atoms with Crippen LogP contribution in [0.5, 0.6) is 0 Å². The first kappa shape index (κ1) is 10.9. The lowest BCUT2D eigenvalue weighted by Gasteiger charge is -2.05. The quantitative estimate of drug-likeness (QED) is 0.390. The van der Waals surface area contributed by atoms with Crippen molar-refractivity contribution in [1.82, 2.24) is 0 Å². The van der Waals surface area contributed by atoms with E-state index < -0.39 is 23.3 Å². The molecular weight excluding hydrogens is 220 g/mol. The zero-order valence-corrected chi connectivity index (χ0v) is 8.50. The minimum Gasteiger partial charge on any atom is -0.203 e. The molecule has 1 aliphatic carbocycles. The molecule has 0 atom stereocenters. The maximum atomic E-state index is 13.3. The summed E-state index contributed by atoms with van der Waals surface area (Å²) in [6.07, 6.45) is 1.35. The highest BCUT2D eigenvalue weighted by Gasteiger charge is 2.28. The van der Waals surface area contributed by atoms with E-state index in [1.807, 2.05) is 0 Å². The highest BCUT2D eigenvalue weighted by Crippen LogP contribution is 2.34. The Bertz CT molecular complexity index is 527. The van der Waals surface area contributed by atoms with Gasteiger partial charge in [0, 0.05) is 17.5 Å². The van der Waals surface area contributed by atoms with Gasteiger partial charge in [-0.2, -0.15) is 0 Å². The van der Waals surface area contributed by atoms with Gasteiger partial charge in [-0.15, -0.1) is 0 Å². The van der Waals surface area contributed by atoms with Gasteiger partial charge in [-0.25, -0.2) is 17.6 Å². The largest absolute Gasteiger partial charge is 0.203 e. The molecule has 0 unspecified atom stereocenters. The Morgan fingerprint density at radius 2 is 1.62 bits per heavy atom. The molecule has 0 saturated heterocycles. The van der Waals surface area contributed by atoms with Crippen molar-refractivity contribution in [3.05, 3.63) is 52.1 Å². The monoisotopic (exact) mass is 228 g/mol. The molecule has 84 valence electrons. The molecule has 0 aromatic heterocycles. The van der Waals surface area contributed by atoms with Crippen molar-refractivity contribution < 1.29 is 17.6 Å². The first-order valence-corrected chi connectivity index (χ1v) is 4.64. The lowest BCUT2D eigenvalue weighted by molar-refractivity contribution is 0.404. The summed E-state index contributed by atoms with van der Waals surface area (Å²) in [5.74, 6) is -6.19. The van der Waals surface area contributed by atoms with Crippen molar-refractivity contribution in [2.24, 2.45) is 0 Å². The fourth-order valence-corrected chi connectivity index (χ4v) is 1.71. The predicted molar refractivity (Wildman–Crippen MR) is 52.8 cm³/mol. The van der Waals surface area contributed by atoms with Gasteiger partial charge < -0.3 is 0 Å². The highest BCUT2D eigenvalue weighted by atomic mass is 19.2. The van der Waals surface area contributed by atoms with Crippen LogP contribution in [0.4, 0.5) is 17.6 Å². The number of benzene rings is 1. The maximum absolute atomic E-state index is 13.3. The van der Waals surface area contributed by atoms with Crippen molar-refractivity contribution in [2.45, 2.75) is 13.3 Å². The van der Waals surface area contributed by atoms with Gasteiger partial charge in [0.25, 0.3) is 0 Å². The van der Waals surface area contributed by atoms with Gasteiger partial charge in [-0.3, -0.25) is 0 Å². The number of fused-ring (bicyclic) bond motifs is 1. The summed E-state index contributed by atoms with van der Waals surface area (Å²) in [5, 5.41) is 0. The van der Waals surface area contributed by atoms with Crippen LogP contribution in [-0.2, 0) is 6.42 Å². The van der Waals surface area contributed by atoms with Crippen molar-refractivity contribution >= 4 is 6.08 Å². The number of allylic oxidation sites excluding steroid dienone is 2. The van der Waals surface area contributed by atoms with Crippen LogP contribution in [0.2, 0.25) is 0 Å². The summed E-state index contributed by atoms with van der Waals surface area (Å²) in [6.45, 7) is 5.29. The third kappa shape index (κ3) is 1.37. The lowest BCUT2D eigenvalue weighted by atomic mass is 10.1. The second-order valence-electron chi connectivity index (χ2n) is 3.77. The smallest absolute Gasteiger partial charge is 0.198 e. The van der Waals surface area contributed by atoms with Crippen LogP contribution in [0.25, 0.3) is 6.08 Å². The zero-order valence-electron chi connectivity index (χ0n) is 8.50. The van der Waals surface area contributed by atoms with Crippen LogP contribution in [0.15, 0.2) is 17.7 Å². The summed E-state index contributed by atoms with van der Waals surface area (Å²) in [5.41, 5.74) is 0.845. The van der Waals surface area contributed by atoms with Crippen LogP contribution in [0.1, 0.15) is 18.1 Å². The minimum absolute atomic E-state index is 0.0462. The van der Waals surface area contributed by atoms with Crippen LogP contribution in [0.3, 0.4) is 0 Å². The molecule has 4 heteroatoms. The summed E-state index contributed by atoms with van der Waals surface area (Å²) < 4.78 is 52.5. The molecule has 0 heterocycles. The predicted octanol–water partition coefficient (Wildman–Crippen LogP) is 3.76. The summed E-state index contributed by atoms with van der Waals surface area (Å²) in [7, 11) is 0. The van der Waals surface area contributed by atoms with Gasteiger partial charge in [-0.05, 0) is 18.6 Å². The van der Waals surface area contributed by atoms with E-state index in [4.69, 9.17) is 0 Å². The molecule has 0 fully saturated rings. The van der Waals surface area contributed by atoms with E-state index in [0.29, 0.717) is 11.1 Å². The Balaban J connectivity index is 2.68. The number of hydrogen-bond acceptors (Lipinski definition) is 0. The van der Waals surface area contributed by atoms with Crippen molar-refractivity contribution in [2.75, 3.05) is 0 Å². The molecule has 0 nitrogen and oxygen atoms in total. The molecule has 0 spiro atoms. The minimum atomic E-state index is -1.77. The molecule has 1 aliphatic rings. The fraction of sp³-hybridized carbons (Fsp3) is 0.167. The first-order chi connectivity index (χ1) is 7.43. The van der Waals surface area contributed by atoms with E-state index in [-0.39, 0.29) is 17.5 Å². The normalized spacial score (nSPS) is 13.7. The molecule has 0 saturated carbocycles. The van der Waals surface area contributed by atoms with Crippen molar-refractivity contribution in [3.63, 3.8) is 0 Å². The van der Waals surface area contributed by atoms with Crippen molar-refractivity contribution in [1.29, 1.82) is 0 Å². The standard InChI is InChI=1S/C12H8F4/c1-5(2)6-3-7-8(4-6)10(14)12(16)11(15)9(7)13/h3H,1,4H2,2H3. The molecular formula is C12H8F4. The molecule has 2 rings (SSSR count). The third-order valence-corrected chi connectivity index (χ3v) is 2.64. The second-order valence-corrected chi connectivity index (χ2v) is 3.77. The number of rotatable bonds is 1. The first-order valence-electron chi connectivity index (χ1n) is 4.64. The molecule has 0 radical (unpaired) electrons. The van der Waals surface area contributed by atoms with E-state index in [2.05, 4.69) is 6.58 Å². The van der Waals surface area contributed by atoms with E-state index in [9.17, 15) is 17.6 Å². The fourth-order valence-electron chi connectivity index (χ4n) is 1.71. The second kappa shape index (κ2) is 3.47. The van der Waals surface area contributed by atoms with Gasteiger partial charge in [0.2, 0.25) is 0 Å². The highest BCUT2D eigenvalue weighted by molar-refractivity contribution is 5.68. The van der Waals surface area contributed by atoms with E-state index in [0.717, 1.165) is 0 Å². The topological polar surface area (TPSA) is 0 Å². The average Bonchev–Trinajstić information content (AvgIpc) is 2.68. The molecule has 0 N–H and O–H groups in total. The van der Waals surface area contributed by atoms with Gasteiger partial charge in [0.15, 0.2) is 23.3 Å². The Hall–Kier alpha value is -1.58. The van der Waals surface area contributed by atoms with E-state index >= 15 is 0 Å². The summed E-state index contributed by atoms with van der Waals surface area (Å²) in [6, 6.07) is 0. The van der Waals surface area contributed by atoms with Gasteiger partial charge in [0.05, 0.1) is 0 Å². The SMILES string of the molecule is C=C(C)C1=Cc2c(F)c(F)c(F)c(F)c2C1. The molecule has 0 bridgehead atoms. The van der Waals surface area contributed by atoms with Crippen LogP contribution in [0, 0.1) is 23.3 Å². The molecule has 16 heavy (non-hydrogen) atoms. The lowest BCUT2D eigenvalue weighted by Crippen LogP contribution is -2.03. The molecule has 1 aromatic carbocycles.